The predicted octanol–water partition coefficient (Wildman–Crippen LogP) is -0.973. The lowest BCUT2D eigenvalue weighted by Gasteiger charge is -2.26. The molecule has 0 bridgehead atoms. The first-order valence-corrected chi connectivity index (χ1v) is 8.12. The standard InChI is InChI=1S/C15H30N4O4/c1-16-4-3-5-18(12-14(20)21)9-7-17(2)8-11-19(10-6-16)13-15(22)23/h3-13H2,1-2H3,(H,20,21)(H,22,23). The summed E-state index contributed by atoms with van der Waals surface area (Å²) in [5.74, 6) is -1.59. The van der Waals surface area contributed by atoms with E-state index >= 15 is 0 Å². The lowest BCUT2D eigenvalue weighted by Crippen LogP contribution is -2.41. The van der Waals surface area contributed by atoms with Crippen molar-refractivity contribution in [3.63, 3.8) is 0 Å². The van der Waals surface area contributed by atoms with Crippen LogP contribution in [0.2, 0.25) is 0 Å². The molecule has 0 aromatic rings. The zero-order chi connectivity index (χ0) is 17.2. The molecule has 8 heteroatoms. The van der Waals surface area contributed by atoms with Gasteiger partial charge in [0.1, 0.15) is 0 Å². The van der Waals surface area contributed by atoms with Crippen LogP contribution in [0.4, 0.5) is 0 Å². The maximum atomic E-state index is 11.0. The fourth-order valence-corrected chi connectivity index (χ4v) is 2.65. The van der Waals surface area contributed by atoms with Gasteiger partial charge in [-0.2, -0.15) is 0 Å². The highest BCUT2D eigenvalue weighted by atomic mass is 16.4. The van der Waals surface area contributed by atoms with Gasteiger partial charge in [0.15, 0.2) is 0 Å². The van der Waals surface area contributed by atoms with Crippen LogP contribution < -0.4 is 0 Å². The molecule has 0 amide bonds. The molecule has 1 fully saturated rings. The van der Waals surface area contributed by atoms with Gasteiger partial charge in [0.25, 0.3) is 0 Å². The summed E-state index contributed by atoms with van der Waals surface area (Å²) >= 11 is 0. The maximum absolute atomic E-state index is 11.0. The van der Waals surface area contributed by atoms with E-state index in [1.165, 1.54) is 0 Å². The highest BCUT2D eigenvalue weighted by Crippen LogP contribution is 1.99. The Morgan fingerprint density at radius 2 is 1.09 bits per heavy atom. The van der Waals surface area contributed by atoms with Crippen molar-refractivity contribution in [1.82, 2.24) is 19.6 Å². The maximum Gasteiger partial charge on any atom is 0.317 e. The number of hydrogen-bond donors (Lipinski definition) is 2. The molecule has 0 atom stereocenters. The molecule has 8 nitrogen and oxygen atoms in total. The summed E-state index contributed by atoms with van der Waals surface area (Å²) in [4.78, 5) is 30.2. The monoisotopic (exact) mass is 330 g/mol. The van der Waals surface area contributed by atoms with Gasteiger partial charge in [-0.15, -0.1) is 0 Å². The van der Waals surface area contributed by atoms with E-state index in [0.29, 0.717) is 13.1 Å². The minimum Gasteiger partial charge on any atom is -0.480 e. The molecule has 1 saturated heterocycles. The number of rotatable bonds is 4. The predicted molar refractivity (Wildman–Crippen MR) is 87.8 cm³/mol. The van der Waals surface area contributed by atoms with Crippen LogP contribution in [0.3, 0.4) is 0 Å². The number of nitrogens with zero attached hydrogens (tertiary/aromatic N) is 4. The molecule has 1 rings (SSSR count). The molecule has 1 aliphatic heterocycles. The highest BCUT2D eigenvalue weighted by Gasteiger charge is 2.15. The minimum absolute atomic E-state index is 0.0623. The Morgan fingerprint density at radius 1 is 0.696 bits per heavy atom. The second-order valence-corrected chi connectivity index (χ2v) is 6.30. The molecule has 0 aromatic carbocycles. The molecule has 2 N–H and O–H groups in total. The average Bonchev–Trinajstić information content (AvgIpc) is 2.46. The van der Waals surface area contributed by atoms with Gasteiger partial charge in [-0.05, 0) is 27.1 Å². The van der Waals surface area contributed by atoms with Crippen LogP contribution in [0.25, 0.3) is 0 Å². The molecule has 1 aliphatic rings. The molecule has 0 aliphatic carbocycles. The lowest BCUT2D eigenvalue weighted by atomic mass is 10.3. The van der Waals surface area contributed by atoms with E-state index in [4.69, 9.17) is 10.2 Å². The highest BCUT2D eigenvalue weighted by molar-refractivity contribution is 5.69. The van der Waals surface area contributed by atoms with Crippen molar-refractivity contribution in [3.05, 3.63) is 0 Å². The van der Waals surface area contributed by atoms with Crippen molar-refractivity contribution in [2.75, 3.05) is 79.5 Å². The Bertz CT molecular complexity index is 380. The molecule has 0 aromatic heterocycles. The summed E-state index contributed by atoms with van der Waals surface area (Å²) in [6, 6.07) is 0. The number of aliphatic carboxylic acids is 2. The van der Waals surface area contributed by atoms with E-state index in [2.05, 4.69) is 9.80 Å². The van der Waals surface area contributed by atoms with E-state index in [1.807, 2.05) is 23.9 Å². The molecule has 0 unspecified atom stereocenters. The summed E-state index contributed by atoms with van der Waals surface area (Å²) in [7, 11) is 4.01. The Balaban J connectivity index is 2.61. The third kappa shape index (κ3) is 9.50. The third-order valence-electron chi connectivity index (χ3n) is 4.13. The summed E-state index contributed by atoms with van der Waals surface area (Å²) in [5, 5.41) is 18.0. The number of hydrogen-bond acceptors (Lipinski definition) is 6. The Morgan fingerprint density at radius 3 is 1.52 bits per heavy atom. The summed E-state index contributed by atoms with van der Waals surface area (Å²) in [6.07, 6.45) is 0.909. The van der Waals surface area contributed by atoms with Crippen LogP contribution in [-0.4, -0.2) is 121 Å². The number of carboxylic acid groups (broad SMARTS) is 2. The van der Waals surface area contributed by atoms with Crippen LogP contribution in [0.1, 0.15) is 6.42 Å². The molecule has 134 valence electrons. The fraction of sp³-hybridized carbons (Fsp3) is 0.867. The molecule has 0 saturated carbocycles. The Labute approximate surface area is 138 Å². The first-order valence-electron chi connectivity index (χ1n) is 8.12. The summed E-state index contributed by atoms with van der Waals surface area (Å²) in [6.45, 7) is 6.31. The zero-order valence-electron chi connectivity index (χ0n) is 14.3. The van der Waals surface area contributed by atoms with Crippen molar-refractivity contribution in [2.45, 2.75) is 6.42 Å². The van der Waals surface area contributed by atoms with Gasteiger partial charge in [-0.1, -0.05) is 0 Å². The van der Waals surface area contributed by atoms with E-state index < -0.39 is 11.9 Å². The van der Waals surface area contributed by atoms with Crippen LogP contribution in [0, 0.1) is 0 Å². The van der Waals surface area contributed by atoms with Crippen LogP contribution in [0.5, 0.6) is 0 Å². The van der Waals surface area contributed by atoms with Crippen LogP contribution in [0.15, 0.2) is 0 Å². The van der Waals surface area contributed by atoms with E-state index in [9.17, 15) is 9.59 Å². The Hall–Kier alpha value is -1.22. The second-order valence-electron chi connectivity index (χ2n) is 6.30. The van der Waals surface area contributed by atoms with E-state index in [-0.39, 0.29) is 13.1 Å². The summed E-state index contributed by atoms with van der Waals surface area (Å²) < 4.78 is 0. The van der Waals surface area contributed by atoms with Gasteiger partial charge in [-0.3, -0.25) is 19.4 Å². The molecular formula is C15H30N4O4. The largest absolute Gasteiger partial charge is 0.480 e. The second kappa shape index (κ2) is 10.5. The van der Waals surface area contributed by atoms with Gasteiger partial charge < -0.3 is 20.0 Å². The van der Waals surface area contributed by atoms with E-state index in [1.54, 1.807) is 0 Å². The SMILES string of the molecule is CN1CCCN(CC(=O)O)CCN(C)CCN(CC(=O)O)CC1. The summed E-state index contributed by atoms with van der Waals surface area (Å²) in [5.41, 5.74) is 0. The van der Waals surface area contributed by atoms with Crippen molar-refractivity contribution in [3.8, 4) is 0 Å². The molecule has 0 radical (unpaired) electrons. The third-order valence-corrected chi connectivity index (χ3v) is 4.13. The van der Waals surface area contributed by atoms with Crippen LogP contribution in [-0.2, 0) is 9.59 Å². The molecule has 23 heavy (non-hydrogen) atoms. The first-order chi connectivity index (χ1) is 10.9. The number of likely N-dealkylation sites (N-methyl/N-ethyl adjacent to an activating group) is 2. The van der Waals surface area contributed by atoms with E-state index in [0.717, 1.165) is 45.7 Å². The smallest absolute Gasteiger partial charge is 0.317 e. The zero-order valence-corrected chi connectivity index (χ0v) is 14.3. The molecular weight excluding hydrogens is 300 g/mol. The quantitative estimate of drug-likeness (QED) is 0.681. The minimum atomic E-state index is -0.799. The van der Waals surface area contributed by atoms with Gasteiger partial charge in [0.2, 0.25) is 0 Å². The molecule has 1 heterocycles. The number of carboxylic acids is 2. The normalized spacial score (nSPS) is 22.0. The van der Waals surface area contributed by atoms with Crippen LogP contribution >= 0.6 is 0 Å². The van der Waals surface area contributed by atoms with Gasteiger partial charge in [0, 0.05) is 45.8 Å². The van der Waals surface area contributed by atoms with Gasteiger partial charge >= 0.3 is 11.9 Å². The van der Waals surface area contributed by atoms with Gasteiger partial charge in [0.05, 0.1) is 13.1 Å². The first kappa shape index (κ1) is 19.8. The Kier molecular flexibility index (Phi) is 9.08. The molecule has 0 spiro atoms. The van der Waals surface area contributed by atoms with Crippen molar-refractivity contribution in [1.29, 1.82) is 0 Å². The average molecular weight is 330 g/mol. The van der Waals surface area contributed by atoms with Gasteiger partial charge in [-0.25, -0.2) is 0 Å². The van der Waals surface area contributed by atoms with Crippen molar-refractivity contribution < 1.29 is 19.8 Å². The van der Waals surface area contributed by atoms with Crippen molar-refractivity contribution in [2.24, 2.45) is 0 Å². The lowest BCUT2D eigenvalue weighted by molar-refractivity contribution is -0.139. The topological polar surface area (TPSA) is 87.6 Å². The van der Waals surface area contributed by atoms with Crippen molar-refractivity contribution >= 4 is 11.9 Å². The number of carbonyl (C=O) groups is 2. The fourth-order valence-electron chi connectivity index (χ4n) is 2.65.